The van der Waals surface area contributed by atoms with Crippen LogP contribution in [-0.2, 0) is 5.33 Å². The fraction of sp³-hybridized carbons (Fsp3) is 0.250. The van der Waals surface area contributed by atoms with Gasteiger partial charge in [-0.05, 0) is 29.3 Å². The van der Waals surface area contributed by atoms with Gasteiger partial charge in [0.25, 0.3) is 0 Å². The maximum Gasteiger partial charge on any atom is 0.0942 e. The van der Waals surface area contributed by atoms with E-state index in [0.29, 0.717) is 5.69 Å². The highest BCUT2D eigenvalue weighted by atomic mass is 79.9. The SMILES string of the molecule is Nc1ccc(NCC(O)CO)c(-c2ccccc2CBr)c1. The predicted molar refractivity (Wildman–Crippen MR) is 90.5 cm³/mol. The van der Waals surface area contributed by atoms with Gasteiger partial charge in [-0.3, -0.25) is 0 Å². The summed E-state index contributed by atoms with van der Waals surface area (Å²) in [4.78, 5) is 0. The van der Waals surface area contributed by atoms with E-state index in [4.69, 9.17) is 10.8 Å². The second-order valence-electron chi connectivity index (χ2n) is 4.81. The first-order chi connectivity index (χ1) is 10.2. The molecule has 4 nitrogen and oxygen atoms in total. The van der Waals surface area contributed by atoms with Gasteiger partial charge in [0.1, 0.15) is 0 Å². The average Bonchev–Trinajstić information content (AvgIpc) is 2.53. The standard InChI is InChI=1S/C16H19BrN2O2/c17-8-11-3-1-2-4-14(11)15-7-12(18)5-6-16(15)19-9-13(21)10-20/h1-7,13,19-21H,8-10,18H2. The third kappa shape index (κ3) is 3.97. The zero-order chi connectivity index (χ0) is 15.2. The molecule has 2 rings (SSSR count). The monoisotopic (exact) mass is 350 g/mol. The molecule has 5 heteroatoms. The van der Waals surface area contributed by atoms with E-state index in [9.17, 15) is 5.11 Å². The van der Waals surface area contributed by atoms with Crippen molar-refractivity contribution in [3.05, 3.63) is 48.0 Å². The Bertz CT molecular complexity index is 605. The Morgan fingerprint density at radius 2 is 1.90 bits per heavy atom. The fourth-order valence-corrected chi connectivity index (χ4v) is 2.62. The number of benzene rings is 2. The van der Waals surface area contributed by atoms with Crippen molar-refractivity contribution < 1.29 is 10.2 Å². The summed E-state index contributed by atoms with van der Waals surface area (Å²) >= 11 is 3.50. The minimum absolute atomic E-state index is 0.269. The number of alkyl halides is 1. The zero-order valence-corrected chi connectivity index (χ0v) is 13.2. The van der Waals surface area contributed by atoms with Crippen LogP contribution in [0.5, 0.6) is 0 Å². The van der Waals surface area contributed by atoms with Crippen molar-refractivity contribution in [2.45, 2.75) is 11.4 Å². The second kappa shape index (κ2) is 7.45. The van der Waals surface area contributed by atoms with E-state index in [1.807, 2.05) is 36.4 Å². The molecule has 2 aromatic carbocycles. The lowest BCUT2D eigenvalue weighted by Gasteiger charge is -2.16. The van der Waals surface area contributed by atoms with E-state index >= 15 is 0 Å². The first-order valence-corrected chi connectivity index (χ1v) is 7.84. The van der Waals surface area contributed by atoms with E-state index in [1.54, 1.807) is 0 Å². The van der Waals surface area contributed by atoms with Crippen LogP contribution in [0.4, 0.5) is 11.4 Å². The number of halogens is 1. The number of nitrogens with one attached hydrogen (secondary N) is 1. The Balaban J connectivity index is 2.39. The maximum atomic E-state index is 9.49. The van der Waals surface area contributed by atoms with Crippen molar-refractivity contribution in [2.24, 2.45) is 0 Å². The zero-order valence-electron chi connectivity index (χ0n) is 11.6. The molecule has 2 aromatic rings. The van der Waals surface area contributed by atoms with E-state index in [2.05, 4.69) is 27.3 Å². The highest BCUT2D eigenvalue weighted by Crippen LogP contribution is 2.33. The Hall–Kier alpha value is -1.56. The lowest BCUT2D eigenvalue weighted by molar-refractivity contribution is 0.105. The van der Waals surface area contributed by atoms with Crippen LogP contribution < -0.4 is 11.1 Å². The summed E-state index contributed by atoms with van der Waals surface area (Å²) < 4.78 is 0. The fourth-order valence-electron chi connectivity index (χ4n) is 2.13. The lowest BCUT2D eigenvalue weighted by Crippen LogP contribution is -2.23. The van der Waals surface area contributed by atoms with Crippen molar-refractivity contribution in [3.63, 3.8) is 0 Å². The van der Waals surface area contributed by atoms with Crippen LogP contribution in [0, 0.1) is 0 Å². The van der Waals surface area contributed by atoms with Crippen molar-refractivity contribution in [2.75, 3.05) is 24.2 Å². The smallest absolute Gasteiger partial charge is 0.0942 e. The van der Waals surface area contributed by atoms with Gasteiger partial charge in [0.05, 0.1) is 12.7 Å². The molecule has 0 radical (unpaired) electrons. The van der Waals surface area contributed by atoms with Crippen LogP contribution in [-0.4, -0.2) is 29.5 Å². The van der Waals surface area contributed by atoms with Crippen LogP contribution in [0.1, 0.15) is 5.56 Å². The number of hydrogen-bond donors (Lipinski definition) is 4. The van der Waals surface area contributed by atoms with E-state index in [0.717, 1.165) is 27.7 Å². The molecule has 0 spiro atoms. The first kappa shape index (κ1) is 15.8. The third-order valence-corrected chi connectivity index (χ3v) is 3.84. The molecular weight excluding hydrogens is 332 g/mol. The Labute approximate surface area is 132 Å². The second-order valence-corrected chi connectivity index (χ2v) is 5.37. The minimum Gasteiger partial charge on any atom is -0.399 e. The summed E-state index contributed by atoms with van der Waals surface area (Å²) in [6.45, 7) is 0.0131. The van der Waals surface area contributed by atoms with Crippen molar-refractivity contribution in [3.8, 4) is 11.1 Å². The highest BCUT2D eigenvalue weighted by molar-refractivity contribution is 9.08. The summed E-state index contributed by atoms with van der Waals surface area (Å²) in [5.41, 5.74) is 10.7. The number of hydrogen-bond acceptors (Lipinski definition) is 4. The number of anilines is 2. The topological polar surface area (TPSA) is 78.5 Å². The molecule has 0 saturated carbocycles. The summed E-state index contributed by atoms with van der Waals surface area (Å²) in [5, 5.41) is 22.3. The van der Waals surface area contributed by atoms with Gasteiger partial charge in [0, 0.05) is 28.8 Å². The molecule has 0 amide bonds. The summed E-state index contributed by atoms with van der Waals surface area (Å²) in [6, 6.07) is 13.7. The molecule has 1 unspecified atom stereocenters. The van der Waals surface area contributed by atoms with Crippen molar-refractivity contribution in [1.29, 1.82) is 0 Å². The average molecular weight is 351 g/mol. The lowest BCUT2D eigenvalue weighted by atomic mass is 9.98. The largest absolute Gasteiger partial charge is 0.399 e. The van der Waals surface area contributed by atoms with Gasteiger partial charge >= 0.3 is 0 Å². The first-order valence-electron chi connectivity index (χ1n) is 6.72. The van der Waals surface area contributed by atoms with Crippen LogP contribution in [0.2, 0.25) is 0 Å². The Kier molecular flexibility index (Phi) is 5.61. The number of rotatable bonds is 6. The van der Waals surface area contributed by atoms with Crippen molar-refractivity contribution >= 4 is 27.3 Å². The van der Waals surface area contributed by atoms with Crippen LogP contribution in [0.25, 0.3) is 11.1 Å². The third-order valence-electron chi connectivity index (χ3n) is 3.23. The van der Waals surface area contributed by atoms with Crippen LogP contribution in [0.3, 0.4) is 0 Å². The summed E-state index contributed by atoms with van der Waals surface area (Å²) in [5.74, 6) is 0. The van der Waals surface area contributed by atoms with Crippen LogP contribution in [0.15, 0.2) is 42.5 Å². The quantitative estimate of drug-likeness (QED) is 0.477. The van der Waals surface area contributed by atoms with Gasteiger partial charge in [-0.15, -0.1) is 0 Å². The van der Waals surface area contributed by atoms with Gasteiger partial charge in [-0.1, -0.05) is 40.2 Å². The number of nitrogens with two attached hydrogens (primary N) is 1. The van der Waals surface area contributed by atoms with Gasteiger partial charge in [-0.25, -0.2) is 0 Å². The number of aliphatic hydroxyl groups excluding tert-OH is 2. The molecule has 0 aliphatic heterocycles. The van der Waals surface area contributed by atoms with Gasteiger partial charge in [0.15, 0.2) is 0 Å². The minimum atomic E-state index is -0.790. The molecule has 0 heterocycles. The molecule has 112 valence electrons. The predicted octanol–water partition coefficient (Wildman–Crippen LogP) is 2.60. The van der Waals surface area contributed by atoms with Gasteiger partial charge in [-0.2, -0.15) is 0 Å². The number of nitrogen functional groups attached to an aromatic ring is 1. The molecule has 0 bridgehead atoms. The molecule has 5 N–H and O–H groups in total. The molecule has 0 aromatic heterocycles. The normalized spacial score (nSPS) is 12.1. The molecule has 0 fully saturated rings. The Morgan fingerprint density at radius 3 is 2.62 bits per heavy atom. The highest BCUT2D eigenvalue weighted by Gasteiger charge is 2.10. The molecule has 0 aliphatic carbocycles. The molecule has 0 saturated heterocycles. The van der Waals surface area contributed by atoms with Crippen molar-refractivity contribution in [1.82, 2.24) is 0 Å². The molecular formula is C16H19BrN2O2. The Morgan fingerprint density at radius 1 is 1.14 bits per heavy atom. The summed E-state index contributed by atoms with van der Waals surface area (Å²) in [7, 11) is 0. The van der Waals surface area contributed by atoms with Gasteiger partial charge < -0.3 is 21.3 Å². The van der Waals surface area contributed by atoms with Gasteiger partial charge in [0.2, 0.25) is 0 Å². The molecule has 21 heavy (non-hydrogen) atoms. The van der Waals surface area contributed by atoms with Crippen LogP contribution >= 0.6 is 15.9 Å². The molecule has 1 atom stereocenters. The van der Waals surface area contributed by atoms with E-state index < -0.39 is 6.10 Å². The van der Waals surface area contributed by atoms with E-state index in [1.165, 1.54) is 0 Å². The number of aliphatic hydroxyl groups is 2. The summed E-state index contributed by atoms with van der Waals surface area (Å²) in [6.07, 6.45) is -0.790. The van der Waals surface area contributed by atoms with E-state index in [-0.39, 0.29) is 13.2 Å². The molecule has 0 aliphatic rings. The maximum absolute atomic E-state index is 9.49.